The number of aromatic hydroxyl groups is 1. The van der Waals surface area contributed by atoms with Gasteiger partial charge in [-0.25, -0.2) is 4.39 Å². The smallest absolute Gasteiger partial charge is 0.150 e. The van der Waals surface area contributed by atoms with Gasteiger partial charge in [0.05, 0.1) is 10.2 Å². The summed E-state index contributed by atoms with van der Waals surface area (Å²) in [6.45, 7) is 2.21. The van der Waals surface area contributed by atoms with Crippen molar-refractivity contribution >= 4 is 21.7 Å². The fraction of sp³-hybridized carbons (Fsp3) is 0.250. The Kier molecular flexibility index (Phi) is 3.94. The number of aromatic nitrogens is 2. The molecule has 0 spiro atoms. The Morgan fingerprint density at radius 1 is 1.53 bits per heavy atom. The van der Waals surface area contributed by atoms with Crippen molar-refractivity contribution < 1.29 is 9.50 Å². The van der Waals surface area contributed by atoms with Crippen LogP contribution in [0.25, 0.3) is 0 Å². The van der Waals surface area contributed by atoms with E-state index in [0.29, 0.717) is 11.4 Å². The summed E-state index contributed by atoms with van der Waals surface area (Å²) in [6, 6.07) is 4.33. The van der Waals surface area contributed by atoms with Crippen LogP contribution in [0.4, 0.5) is 10.2 Å². The second kappa shape index (κ2) is 5.48. The standard InChI is InChI=1S/C12H14BrFN4O/c1-2-7-5-11(17-18(7)15)16-6-8-10(19)4-3-9(14)12(8)13/h3-5,19H,2,6,15H2,1H3,(H,16,17). The summed E-state index contributed by atoms with van der Waals surface area (Å²) in [5, 5.41) is 16.8. The molecule has 1 aromatic heterocycles. The molecule has 0 aliphatic heterocycles. The highest BCUT2D eigenvalue weighted by Crippen LogP contribution is 2.29. The number of phenols is 1. The predicted molar refractivity (Wildman–Crippen MR) is 74.8 cm³/mol. The molecule has 5 nitrogen and oxygen atoms in total. The largest absolute Gasteiger partial charge is 0.508 e. The van der Waals surface area contributed by atoms with Gasteiger partial charge in [0, 0.05) is 18.2 Å². The van der Waals surface area contributed by atoms with Crippen molar-refractivity contribution in [3.05, 3.63) is 39.7 Å². The lowest BCUT2D eigenvalue weighted by molar-refractivity contribution is 0.465. The molecule has 7 heteroatoms. The van der Waals surface area contributed by atoms with E-state index in [1.54, 1.807) is 0 Å². The lowest BCUT2D eigenvalue weighted by atomic mass is 10.2. The Labute approximate surface area is 118 Å². The third-order valence-electron chi connectivity index (χ3n) is 2.79. The molecule has 0 unspecified atom stereocenters. The number of halogens is 2. The number of nitrogens with zero attached hydrogens (tertiary/aromatic N) is 2. The number of nitrogen functional groups attached to an aromatic ring is 1. The van der Waals surface area contributed by atoms with Crippen LogP contribution in [0.15, 0.2) is 22.7 Å². The monoisotopic (exact) mass is 328 g/mol. The van der Waals surface area contributed by atoms with Crippen LogP contribution in [-0.4, -0.2) is 15.0 Å². The van der Waals surface area contributed by atoms with Crippen molar-refractivity contribution in [1.29, 1.82) is 0 Å². The first-order valence-corrected chi connectivity index (χ1v) is 6.56. The molecule has 0 fully saturated rings. The first-order valence-electron chi connectivity index (χ1n) is 5.76. The number of anilines is 1. The molecule has 0 aliphatic carbocycles. The maximum atomic E-state index is 13.4. The van der Waals surface area contributed by atoms with Crippen molar-refractivity contribution in [2.24, 2.45) is 0 Å². The van der Waals surface area contributed by atoms with Crippen molar-refractivity contribution in [2.75, 3.05) is 11.2 Å². The van der Waals surface area contributed by atoms with Gasteiger partial charge in [-0.1, -0.05) is 6.92 Å². The van der Waals surface area contributed by atoms with Gasteiger partial charge in [0.2, 0.25) is 0 Å². The second-order valence-electron chi connectivity index (χ2n) is 4.03. The number of hydrogen-bond acceptors (Lipinski definition) is 4. The highest BCUT2D eigenvalue weighted by atomic mass is 79.9. The van der Waals surface area contributed by atoms with Gasteiger partial charge < -0.3 is 16.3 Å². The maximum Gasteiger partial charge on any atom is 0.150 e. The molecule has 2 aromatic rings. The molecule has 0 aliphatic rings. The number of rotatable bonds is 4. The molecule has 0 bridgehead atoms. The minimum Gasteiger partial charge on any atom is -0.508 e. The maximum absolute atomic E-state index is 13.4. The summed E-state index contributed by atoms with van der Waals surface area (Å²) in [5.41, 5.74) is 1.31. The van der Waals surface area contributed by atoms with E-state index in [1.165, 1.54) is 16.9 Å². The van der Waals surface area contributed by atoms with Gasteiger partial charge >= 0.3 is 0 Å². The normalized spacial score (nSPS) is 10.7. The van der Waals surface area contributed by atoms with E-state index < -0.39 is 5.82 Å². The Bertz CT molecular complexity index is 600. The number of nitrogens with two attached hydrogens (primary N) is 1. The van der Waals surface area contributed by atoms with Crippen molar-refractivity contribution in [3.63, 3.8) is 0 Å². The van der Waals surface area contributed by atoms with E-state index in [0.717, 1.165) is 12.1 Å². The zero-order valence-electron chi connectivity index (χ0n) is 10.3. The van der Waals surface area contributed by atoms with Gasteiger partial charge in [-0.15, -0.1) is 5.10 Å². The first-order chi connectivity index (χ1) is 9.02. The average Bonchev–Trinajstić information content (AvgIpc) is 2.74. The topological polar surface area (TPSA) is 76.1 Å². The molecule has 19 heavy (non-hydrogen) atoms. The third kappa shape index (κ3) is 2.81. The lowest BCUT2D eigenvalue weighted by Crippen LogP contribution is -2.13. The van der Waals surface area contributed by atoms with Crippen LogP contribution in [0.1, 0.15) is 18.2 Å². The predicted octanol–water partition coefficient (Wildman–Crippen LogP) is 2.38. The molecule has 102 valence electrons. The molecular formula is C12H14BrFN4O. The number of aryl methyl sites for hydroxylation is 1. The van der Waals surface area contributed by atoms with Gasteiger partial charge in [0.1, 0.15) is 11.6 Å². The van der Waals surface area contributed by atoms with Crippen molar-refractivity contribution in [2.45, 2.75) is 19.9 Å². The van der Waals surface area contributed by atoms with E-state index >= 15 is 0 Å². The molecule has 0 radical (unpaired) electrons. The fourth-order valence-corrected chi connectivity index (χ4v) is 2.19. The average molecular weight is 329 g/mol. The first kappa shape index (κ1) is 13.7. The van der Waals surface area contributed by atoms with E-state index in [-0.39, 0.29) is 16.8 Å². The van der Waals surface area contributed by atoms with E-state index in [2.05, 4.69) is 26.3 Å². The van der Waals surface area contributed by atoms with Crippen LogP contribution in [0, 0.1) is 5.82 Å². The zero-order valence-corrected chi connectivity index (χ0v) is 11.9. The Balaban J connectivity index is 2.16. The molecule has 0 saturated carbocycles. The molecular weight excluding hydrogens is 315 g/mol. The summed E-state index contributed by atoms with van der Waals surface area (Å²) in [4.78, 5) is 1.29. The summed E-state index contributed by atoms with van der Waals surface area (Å²) >= 11 is 3.11. The highest BCUT2D eigenvalue weighted by Gasteiger charge is 2.11. The summed E-state index contributed by atoms with van der Waals surface area (Å²) in [5.74, 6) is 5.82. The van der Waals surface area contributed by atoms with Crippen LogP contribution < -0.4 is 11.2 Å². The Hall–Kier alpha value is -1.76. The SMILES string of the molecule is CCc1cc(NCc2c(O)ccc(F)c2Br)nn1N. The summed E-state index contributed by atoms with van der Waals surface area (Å²) in [6.07, 6.45) is 0.764. The molecule has 0 saturated heterocycles. The van der Waals surface area contributed by atoms with Crippen LogP contribution >= 0.6 is 15.9 Å². The van der Waals surface area contributed by atoms with Crippen molar-refractivity contribution in [3.8, 4) is 5.75 Å². The van der Waals surface area contributed by atoms with E-state index in [9.17, 15) is 9.50 Å². The van der Waals surface area contributed by atoms with Gasteiger partial charge in [-0.3, -0.25) is 0 Å². The molecule has 0 amide bonds. The van der Waals surface area contributed by atoms with Crippen molar-refractivity contribution in [1.82, 2.24) is 9.89 Å². The number of hydrogen-bond donors (Lipinski definition) is 3. The van der Waals surface area contributed by atoms with Gasteiger partial charge in [0.25, 0.3) is 0 Å². The highest BCUT2D eigenvalue weighted by molar-refractivity contribution is 9.10. The van der Waals surface area contributed by atoms with Gasteiger partial charge in [-0.05, 0) is 34.5 Å². The van der Waals surface area contributed by atoms with Gasteiger partial charge in [0.15, 0.2) is 5.82 Å². The zero-order chi connectivity index (χ0) is 14.0. The third-order valence-corrected chi connectivity index (χ3v) is 3.65. The summed E-state index contributed by atoms with van der Waals surface area (Å²) in [7, 11) is 0. The number of phenolic OH excluding ortho intramolecular Hbond substituents is 1. The lowest BCUT2D eigenvalue weighted by Gasteiger charge is -2.08. The second-order valence-corrected chi connectivity index (χ2v) is 4.82. The molecule has 4 N–H and O–H groups in total. The van der Waals surface area contributed by atoms with Crippen LogP contribution in [0.3, 0.4) is 0 Å². The van der Waals surface area contributed by atoms with Crippen LogP contribution in [-0.2, 0) is 13.0 Å². The van der Waals surface area contributed by atoms with E-state index in [1.807, 2.05) is 13.0 Å². The quantitative estimate of drug-likeness (QED) is 0.753. The molecule has 0 atom stereocenters. The summed E-state index contributed by atoms with van der Waals surface area (Å²) < 4.78 is 13.6. The molecule has 1 heterocycles. The van der Waals surface area contributed by atoms with Crippen LogP contribution in [0.2, 0.25) is 0 Å². The molecule has 1 aromatic carbocycles. The Morgan fingerprint density at radius 2 is 2.26 bits per heavy atom. The van der Waals surface area contributed by atoms with E-state index in [4.69, 9.17) is 5.84 Å². The minimum absolute atomic E-state index is 0.0173. The Morgan fingerprint density at radius 3 is 2.89 bits per heavy atom. The number of nitrogens with one attached hydrogen (secondary N) is 1. The van der Waals surface area contributed by atoms with Crippen LogP contribution in [0.5, 0.6) is 5.75 Å². The number of benzene rings is 1. The fourth-order valence-electron chi connectivity index (χ4n) is 1.71. The minimum atomic E-state index is -0.423. The molecule has 2 rings (SSSR count). The van der Waals surface area contributed by atoms with Gasteiger partial charge in [-0.2, -0.15) is 4.79 Å².